The van der Waals surface area contributed by atoms with Crippen LogP contribution in [-0.2, 0) is 16.8 Å². The van der Waals surface area contributed by atoms with Gasteiger partial charge in [-0.25, -0.2) is 9.37 Å². The molecule has 5 rings (SSSR count). The quantitative estimate of drug-likeness (QED) is 0.559. The molecule has 0 unspecified atom stereocenters. The van der Waals surface area contributed by atoms with E-state index in [1.165, 1.54) is 12.1 Å². The summed E-state index contributed by atoms with van der Waals surface area (Å²) in [4.78, 5) is 20.2. The Hall–Kier alpha value is -3.15. The number of aryl methyl sites for hydroxylation is 1. The first-order chi connectivity index (χ1) is 13.1. The second kappa shape index (κ2) is 5.94. The van der Waals surface area contributed by atoms with Crippen LogP contribution in [0.15, 0.2) is 52.9 Å². The minimum Gasteiger partial charge on any atom is -0.459 e. The number of hydrogen-bond donors (Lipinski definition) is 2. The first-order valence-corrected chi connectivity index (χ1v) is 9.06. The van der Waals surface area contributed by atoms with E-state index in [0.717, 1.165) is 29.7 Å². The SMILES string of the molecule is O=C(CCc1nc2ccccc2[nH]1)NC1(c2cc3cc(F)ccc3o2)CC1. The number of nitrogens with zero attached hydrogens (tertiary/aromatic N) is 1. The number of carbonyl (C=O) groups excluding carboxylic acids is 1. The van der Waals surface area contributed by atoms with Gasteiger partial charge in [0.1, 0.15) is 23.0 Å². The smallest absolute Gasteiger partial charge is 0.221 e. The van der Waals surface area contributed by atoms with Crippen molar-refractivity contribution in [2.45, 2.75) is 31.2 Å². The Morgan fingerprint density at radius 2 is 2.07 bits per heavy atom. The van der Waals surface area contributed by atoms with E-state index in [9.17, 15) is 9.18 Å². The predicted molar refractivity (Wildman–Crippen MR) is 99.6 cm³/mol. The van der Waals surface area contributed by atoms with E-state index in [0.29, 0.717) is 29.6 Å². The molecule has 1 amide bonds. The molecule has 1 fully saturated rings. The Morgan fingerprint density at radius 1 is 1.22 bits per heavy atom. The van der Waals surface area contributed by atoms with Crippen LogP contribution in [0.25, 0.3) is 22.0 Å². The van der Waals surface area contributed by atoms with Crippen molar-refractivity contribution in [1.29, 1.82) is 0 Å². The normalized spacial score (nSPS) is 15.3. The zero-order valence-electron chi connectivity index (χ0n) is 14.6. The lowest BCUT2D eigenvalue weighted by Crippen LogP contribution is -2.34. The first kappa shape index (κ1) is 16.1. The number of aromatic nitrogens is 2. The number of nitrogens with one attached hydrogen (secondary N) is 2. The summed E-state index contributed by atoms with van der Waals surface area (Å²) >= 11 is 0. The highest BCUT2D eigenvalue weighted by Crippen LogP contribution is 2.47. The van der Waals surface area contributed by atoms with Crippen LogP contribution in [0.4, 0.5) is 4.39 Å². The molecule has 5 nitrogen and oxygen atoms in total. The molecule has 1 saturated carbocycles. The second-order valence-electron chi connectivity index (χ2n) is 7.12. The van der Waals surface area contributed by atoms with Crippen molar-refractivity contribution in [3.8, 4) is 0 Å². The molecule has 0 radical (unpaired) electrons. The highest BCUT2D eigenvalue weighted by atomic mass is 19.1. The number of aromatic amines is 1. The standard InChI is InChI=1S/C21H18FN3O2/c22-14-5-6-17-13(11-14)12-18(27-17)21(9-10-21)25-20(26)8-7-19-23-15-3-1-2-4-16(15)24-19/h1-6,11-12H,7-10H2,(H,23,24)(H,25,26). The maximum atomic E-state index is 13.4. The third kappa shape index (κ3) is 2.97. The topological polar surface area (TPSA) is 70.9 Å². The minimum atomic E-state index is -0.458. The van der Waals surface area contributed by atoms with Gasteiger partial charge in [0.2, 0.25) is 5.91 Å². The minimum absolute atomic E-state index is 0.0420. The molecule has 2 heterocycles. The van der Waals surface area contributed by atoms with Gasteiger partial charge in [0.15, 0.2) is 0 Å². The van der Waals surface area contributed by atoms with Gasteiger partial charge in [-0.15, -0.1) is 0 Å². The number of carbonyl (C=O) groups is 1. The summed E-state index contributed by atoms with van der Waals surface area (Å²) in [6.45, 7) is 0. The molecule has 2 aromatic carbocycles. The van der Waals surface area contributed by atoms with Crippen LogP contribution in [0.3, 0.4) is 0 Å². The Balaban J connectivity index is 1.28. The molecular weight excluding hydrogens is 345 g/mol. The van der Waals surface area contributed by atoms with Gasteiger partial charge in [-0.2, -0.15) is 0 Å². The van der Waals surface area contributed by atoms with Crippen LogP contribution in [0.5, 0.6) is 0 Å². The van der Waals surface area contributed by atoms with E-state index in [1.807, 2.05) is 30.3 Å². The summed E-state index contributed by atoms with van der Waals surface area (Å²) in [5, 5.41) is 3.81. The van der Waals surface area contributed by atoms with Gasteiger partial charge in [0, 0.05) is 18.2 Å². The summed E-state index contributed by atoms with van der Waals surface area (Å²) in [6.07, 6.45) is 2.54. The molecule has 0 saturated heterocycles. The number of fused-ring (bicyclic) bond motifs is 2. The molecule has 0 aliphatic heterocycles. The van der Waals surface area contributed by atoms with Gasteiger partial charge in [-0.3, -0.25) is 4.79 Å². The van der Waals surface area contributed by atoms with Gasteiger partial charge in [0.05, 0.1) is 16.6 Å². The predicted octanol–water partition coefficient (Wildman–Crippen LogP) is 4.19. The van der Waals surface area contributed by atoms with Gasteiger partial charge < -0.3 is 14.7 Å². The number of amides is 1. The number of rotatable bonds is 5. The van der Waals surface area contributed by atoms with Crippen molar-refractivity contribution in [2.75, 3.05) is 0 Å². The monoisotopic (exact) mass is 363 g/mol. The second-order valence-corrected chi connectivity index (χ2v) is 7.12. The molecular formula is C21H18FN3O2. The van der Waals surface area contributed by atoms with Crippen LogP contribution >= 0.6 is 0 Å². The van der Waals surface area contributed by atoms with Crippen molar-refractivity contribution in [1.82, 2.24) is 15.3 Å². The van der Waals surface area contributed by atoms with Gasteiger partial charge in [-0.1, -0.05) is 12.1 Å². The van der Waals surface area contributed by atoms with E-state index in [1.54, 1.807) is 6.07 Å². The lowest BCUT2D eigenvalue weighted by atomic mass is 10.1. The first-order valence-electron chi connectivity index (χ1n) is 9.06. The number of para-hydroxylation sites is 2. The molecule has 136 valence electrons. The van der Waals surface area contributed by atoms with Crippen molar-refractivity contribution in [3.05, 3.63) is 65.9 Å². The molecule has 2 aromatic heterocycles. The molecule has 1 aliphatic carbocycles. The Bertz CT molecular complexity index is 1120. The third-order valence-corrected chi connectivity index (χ3v) is 5.11. The van der Waals surface area contributed by atoms with Crippen LogP contribution in [0.2, 0.25) is 0 Å². The average molecular weight is 363 g/mol. The highest BCUT2D eigenvalue weighted by molar-refractivity contribution is 5.81. The molecule has 6 heteroatoms. The largest absolute Gasteiger partial charge is 0.459 e. The average Bonchev–Trinajstić information content (AvgIpc) is 3.13. The van der Waals surface area contributed by atoms with Crippen LogP contribution in [-0.4, -0.2) is 15.9 Å². The molecule has 0 spiro atoms. The zero-order chi connectivity index (χ0) is 18.4. The fourth-order valence-electron chi connectivity index (χ4n) is 3.49. The van der Waals surface area contributed by atoms with E-state index in [4.69, 9.17) is 4.42 Å². The number of imidazole rings is 1. The summed E-state index contributed by atoms with van der Waals surface area (Å²) in [5.41, 5.74) is 2.05. The Morgan fingerprint density at radius 3 is 2.89 bits per heavy atom. The van der Waals surface area contributed by atoms with Crippen LogP contribution < -0.4 is 5.32 Å². The van der Waals surface area contributed by atoms with Crippen molar-refractivity contribution >= 4 is 27.9 Å². The fourth-order valence-corrected chi connectivity index (χ4v) is 3.49. The maximum absolute atomic E-state index is 13.4. The molecule has 2 N–H and O–H groups in total. The van der Waals surface area contributed by atoms with Gasteiger partial charge in [-0.05, 0) is 49.2 Å². The number of H-pyrrole nitrogens is 1. The van der Waals surface area contributed by atoms with E-state index < -0.39 is 5.54 Å². The van der Waals surface area contributed by atoms with Crippen molar-refractivity contribution < 1.29 is 13.6 Å². The fraction of sp³-hybridized carbons (Fsp3) is 0.238. The molecule has 0 atom stereocenters. The summed E-state index contributed by atoms with van der Waals surface area (Å²) in [5.74, 6) is 1.16. The number of halogens is 1. The summed E-state index contributed by atoms with van der Waals surface area (Å²) in [7, 11) is 0. The van der Waals surface area contributed by atoms with E-state index in [-0.39, 0.29) is 11.7 Å². The van der Waals surface area contributed by atoms with Crippen molar-refractivity contribution in [3.63, 3.8) is 0 Å². The van der Waals surface area contributed by atoms with E-state index in [2.05, 4.69) is 15.3 Å². The number of benzene rings is 2. The Labute approximate surface area is 154 Å². The number of hydrogen-bond acceptors (Lipinski definition) is 3. The highest BCUT2D eigenvalue weighted by Gasteiger charge is 2.48. The Kier molecular flexibility index (Phi) is 3.53. The molecule has 0 bridgehead atoms. The van der Waals surface area contributed by atoms with Crippen LogP contribution in [0, 0.1) is 5.82 Å². The maximum Gasteiger partial charge on any atom is 0.221 e. The van der Waals surface area contributed by atoms with Gasteiger partial charge in [0.25, 0.3) is 0 Å². The number of furan rings is 1. The van der Waals surface area contributed by atoms with Gasteiger partial charge >= 0.3 is 0 Å². The van der Waals surface area contributed by atoms with E-state index >= 15 is 0 Å². The zero-order valence-corrected chi connectivity index (χ0v) is 14.6. The lowest BCUT2D eigenvalue weighted by molar-refractivity contribution is -0.122. The van der Waals surface area contributed by atoms with Crippen molar-refractivity contribution in [2.24, 2.45) is 0 Å². The lowest BCUT2D eigenvalue weighted by Gasteiger charge is -2.14. The summed E-state index contributed by atoms with van der Waals surface area (Å²) in [6, 6.07) is 14.1. The molecule has 1 aliphatic rings. The summed E-state index contributed by atoms with van der Waals surface area (Å²) < 4.78 is 19.2. The molecule has 27 heavy (non-hydrogen) atoms. The third-order valence-electron chi connectivity index (χ3n) is 5.11. The van der Waals surface area contributed by atoms with Crippen LogP contribution in [0.1, 0.15) is 30.8 Å². The molecule has 4 aromatic rings.